The summed E-state index contributed by atoms with van der Waals surface area (Å²) in [7, 11) is 3.42. The lowest BCUT2D eigenvalue weighted by Crippen LogP contribution is -2.42. The van der Waals surface area contributed by atoms with E-state index in [2.05, 4.69) is 11.9 Å². The summed E-state index contributed by atoms with van der Waals surface area (Å²) < 4.78 is 10.6. The number of aryl methyl sites for hydroxylation is 2. The average molecular weight is 477 g/mol. The Balaban J connectivity index is 2.03. The van der Waals surface area contributed by atoms with Gasteiger partial charge in [0.05, 0.1) is 6.33 Å². The van der Waals surface area contributed by atoms with Crippen molar-refractivity contribution in [1.82, 2.24) is 18.7 Å². The normalized spacial score (nSPS) is 12.5. The number of ketones is 1. The highest BCUT2D eigenvalue weighted by atomic mass is 16.5. The number of nitrogens with zero attached hydrogens (tertiary/aromatic N) is 4. The molecule has 0 saturated carbocycles. The summed E-state index contributed by atoms with van der Waals surface area (Å²) in [6.45, 7) is 4.39. The second kappa shape index (κ2) is 14.9. The maximum Gasteiger partial charge on any atom is 0.334 e. The van der Waals surface area contributed by atoms with Gasteiger partial charge in [-0.15, -0.1) is 0 Å². The minimum absolute atomic E-state index is 0.253. The van der Waals surface area contributed by atoms with Crippen LogP contribution in [-0.2, 0) is 23.6 Å². The zero-order valence-corrected chi connectivity index (χ0v) is 21.7. The number of ether oxygens (including phenoxy) is 1. The summed E-state index contributed by atoms with van der Waals surface area (Å²) >= 11 is 0. The monoisotopic (exact) mass is 476 g/mol. The highest BCUT2D eigenvalue weighted by Gasteiger charge is 2.22. The number of rotatable bonds is 18. The topological polar surface area (TPSA) is 88.1 Å². The molecule has 8 nitrogen and oxygen atoms in total. The van der Waals surface area contributed by atoms with Gasteiger partial charge in [0.25, 0.3) is 5.56 Å². The van der Waals surface area contributed by atoms with E-state index in [1.807, 2.05) is 0 Å². The quantitative estimate of drug-likeness (QED) is 0.282. The molecule has 0 fully saturated rings. The van der Waals surface area contributed by atoms with E-state index in [-0.39, 0.29) is 17.0 Å². The molecule has 0 radical (unpaired) electrons. The Morgan fingerprint density at radius 2 is 1.56 bits per heavy atom. The van der Waals surface area contributed by atoms with Gasteiger partial charge < -0.3 is 14.1 Å². The van der Waals surface area contributed by atoms with Crippen LogP contribution in [0.2, 0.25) is 0 Å². The fraction of sp³-hybridized carbons (Fsp3) is 0.769. The van der Waals surface area contributed by atoms with E-state index in [0.717, 1.165) is 51.4 Å². The lowest BCUT2D eigenvalue weighted by molar-refractivity contribution is -0.117. The predicted octanol–water partition coefficient (Wildman–Crippen LogP) is 5.02. The van der Waals surface area contributed by atoms with Gasteiger partial charge >= 0.3 is 5.69 Å². The zero-order chi connectivity index (χ0) is 24.9. The lowest BCUT2D eigenvalue weighted by Gasteiger charge is -2.21. The standard InChI is InChI=1S/C26H44N4O4/c1-5-6-7-8-13-16-19-34-22(18-15-12-10-9-11-14-17-21(2)31)30-25(32)23-24(27-20-28(23)3)29(4)26(30)33/h20,22H,5-19H2,1-4H3. The molecule has 0 aliphatic carbocycles. The highest BCUT2D eigenvalue weighted by Crippen LogP contribution is 2.18. The van der Waals surface area contributed by atoms with Crippen molar-refractivity contribution in [3.63, 3.8) is 0 Å². The first-order valence-electron chi connectivity index (χ1n) is 13.1. The van der Waals surface area contributed by atoms with Gasteiger partial charge in [-0.25, -0.2) is 14.3 Å². The molecule has 1 unspecified atom stereocenters. The molecule has 2 heterocycles. The molecule has 0 N–H and O–H groups in total. The molecule has 0 bridgehead atoms. The van der Waals surface area contributed by atoms with Crippen molar-refractivity contribution in [2.45, 2.75) is 110 Å². The van der Waals surface area contributed by atoms with Gasteiger partial charge in [-0.1, -0.05) is 64.7 Å². The van der Waals surface area contributed by atoms with E-state index < -0.39 is 6.23 Å². The molecular formula is C26H44N4O4. The molecule has 0 spiro atoms. The number of Topliss-reactive ketones (excluding diaryl/α,β-unsaturated/α-hetero) is 1. The minimum atomic E-state index is -0.571. The highest BCUT2D eigenvalue weighted by molar-refractivity contribution is 5.75. The summed E-state index contributed by atoms with van der Waals surface area (Å²) in [4.78, 5) is 41.6. The second-order valence-corrected chi connectivity index (χ2v) is 9.50. The van der Waals surface area contributed by atoms with E-state index in [4.69, 9.17) is 4.74 Å². The Labute approximate surface area is 203 Å². The average Bonchev–Trinajstić information content (AvgIpc) is 3.19. The van der Waals surface area contributed by atoms with Crippen LogP contribution in [0, 0.1) is 0 Å². The first kappa shape index (κ1) is 28.0. The number of aromatic nitrogens is 4. The van der Waals surface area contributed by atoms with Crippen molar-refractivity contribution in [2.75, 3.05) is 6.61 Å². The summed E-state index contributed by atoms with van der Waals surface area (Å²) in [6, 6.07) is 0. The van der Waals surface area contributed by atoms with Crippen LogP contribution >= 0.6 is 0 Å². The molecule has 34 heavy (non-hydrogen) atoms. The van der Waals surface area contributed by atoms with E-state index in [1.165, 1.54) is 34.8 Å². The fourth-order valence-electron chi connectivity index (χ4n) is 4.41. The Hall–Kier alpha value is -2.22. The third-order valence-electron chi connectivity index (χ3n) is 6.48. The van der Waals surface area contributed by atoms with Crippen LogP contribution in [0.3, 0.4) is 0 Å². The van der Waals surface area contributed by atoms with Crippen molar-refractivity contribution in [3.8, 4) is 0 Å². The summed E-state index contributed by atoms with van der Waals surface area (Å²) in [5, 5.41) is 0. The molecule has 0 aliphatic rings. The number of carbonyl (C=O) groups is 1. The molecule has 2 rings (SSSR count). The van der Waals surface area contributed by atoms with Crippen molar-refractivity contribution in [2.24, 2.45) is 14.1 Å². The van der Waals surface area contributed by atoms with Gasteiger partial charge in [0.1, 0.15) is 12.0 Å². The van der Waals surface area contributed by atoms with Gasteiger partial charge in [0.2, 0.25) is 0 Å². The third-order valence-corrected chi connectivity index (χ3v) is 6.48. The molecular weight excluding hydrogens is 432 g/mol. The maximum atomic E-state index is 13.3. The fourth-order valence-corrected chi connectivity index (χ4v) is 4.41. The molecule has 2 aromatic rings. The molecule has 0 amide bonds. The number of hydrogen-bond donors (Lipinski definition) is 0. The largest absolute Gasteiger partial charge is 0.358 e. The number of unbranched alkanes of at least 4 members (excludes halogenated alkanes) is 10. The number of imidazole rings is 1. The number of carbonyl (C=O) groups excluding carboxylic acids is 1. The summed E-state index contributed by atoms with van der Waals surface area (Å²) in [5.41, 5.74) is 0.0957. The van der Waals surface area contributed by atoms with Crippen LogP contribution < -0.4 is 11.2 Å². The lowest BCUT2D eigenvalue weighted by atomic mass is 10.1. The van der Waals surface area contributed by atoms with Gasteiger partial charge in [-0.2, -0.15) is 0 Å². The van der Waals surface area contributed by atoms with Gasteiger partial charge in [-0.05, 0) is 32.6 Å². The summed E-state index contributed by atoms with van der Waals surface area (Å²) in [5.74, 6) is 0.253. The van der Waals surface area contributed by atoms with Gasteiger partial charge in [0, 0.05) is 27.1 Å². The van der Waals surface area contributed by atoms with E-state index in [0.29, 0.717) is 30.6 Å². The number of hydrogen-bond acceptors (Lipinski definition) is 5. The first-order valence-corrected chi connectivity index (χ1v) is 13.1. The molecule has 0 aliphatic heterocycles. The SMILES string of the molecule is CCCCCCCCOC(CCCCCCCCC(C)=O)n1c(=O)c2c(ncn2C)n(C)c1=O. The van der Waals surface area contributed by atoms with Crippen LogP contribution in [-0.4, -0.2) is 31.1 Å². The van der Waals surface area contributed by atoms with Gasteiger partial charge in [0.15, 0.2) is 11.2 Å². The van der Waals surface area contributed by atoms with Crippen molar-refractivity contribution < 1.29 is 9.53 Å². The van der Waals surface area contributed by atoms with Crippen molar-refractivity contribution in [1.29, 1.82) is 0 Å². The van der Waals surface area contributed by atoms with Crippen LogP contribution in [0.25, 0.3) is 11.2 Å². The second-order valence-electron chi connectivity index (χ2n) is 9.50. The van der Waals surface area contributed by atoms with E-state index in [9.17, 15) is 14.4 Å². The molecule has 192 valence electrons. The molecule has 1 atom stereocenters. The Bertz CT molecular complexity index is 1000. The molecule has 0 saturated heterocycles. The maximum absolute atomic E-state index is 13.3. The third kappa shape index (κ3) is 8.22. The van der Waals surface area contributed by atoms with E-state index in [1.54, 1.807) is 31.9 Å². The smallest absolute Gasteiger partial charge is 0.334 e. The van der Waals surface area contributed by atoms with Gasteiger partial charge in [-0.3, -0.25) is 9.36 Å². The molecule has 8 heteroatoms. The molecule has 2 aromatic heterocycles. The number of fused-ring (bicyclic) bond motifs is 1. The summed E-state index contributed by atoms with van der Waals surface area (Å²) in [6.07, 6.45) is 15.3. The van der Waals surface area contributed by atoms with Crippen LogP contribution in [0.4, 0.5) is 0 Å². The minimum Gasteiger partial charge on any atom is -0.358 e. The Kier molecular flexibility index (Phi) is 12.3. The van der Waals surface area contributed by atoms with E-state index >= 15 is 0 Å². The zero-order valence-electron chi connectivity index (χ0n) is 21.7. The Morgan fingerprint density at radius 1 is 0.941 bits per heavy atom. The van der Waals surface area contributed by atoms with Crippen LogP contribution in [0.15, 0.2) is 15.9 Å². The Morgan fingerprint density at radius 3 is 2.24 bits per heavy atom. The van der Waals surface area contributed by atoms with Crippen LogP contribution in [0.1, 0.15) is 110 Å². The van der Waals surface area contributed by atoms with Crippen LogP contribution in [0.5, 0.6) is 0 Å². The van der Waals surface area contributed by atoms with Crippen molar-refractivity contribution >= 4 is 16.9 Å². The molecule has 0 aromatic carbocycles. The predicted molar refractivity (Wildman–Crippen MR) is 136 cm³/mol. The first-order chi connectivity index (χ1) is 16.4. The van der Waals surface area contributed by atoms with Crippen molar-refractivity contribution in [3.05, 3.63) is 27.2 Å².